The number of unbranched alkanes of at least 4 members (excludes halogenated alkanes) is 1. The predicted molar refractivity (Wildman–Crippen MR) is 98.6 cm³/mol. The molecule has 1 saturated carbocycles. The Morgan fingerprint density at radius 2 is 1.79 bits per heavy atom. The zero-order valence-electron chi connectivity index (χ0n) is 15.4. The number of hydrogen-bond donors (Lipinski definition) is 0. The van der Waals surface area contributed by atoms with Gasteiger partial charge in [-0.25, -0.2) is 19.3 Å². The molecule has 1 aliphatic carbocycles. The van der Waals surface area contributed by atoms with Gasteiger partial charge in [-0.3, -0.25) is 9.36 Å². The minimum absolute atomic E-state index is 0.111. The van der Waals surface area contributed by atoms with Gasteiger partial charge >= 0.3 is 6.18 Å². The number of halogens is 4. The molecule has 4 rings (SSSR count). The van der Waals surface area contributed by atoms with Crippen LogP contribution in [0, 0.1) is 11.7 Å². The topological polar surface area (TPSA) is 60.7 Å². The Morgan fingerprint density at radius 1 is 1.07 bits per heavy atom. The minimum Gasteiger partial charge on any atom is -0.299 e. The fourth-order valence-electron chi connectivity index (χ4n) is 3.24. The van der Waals surface area contributed by atoms with E-state index in [1.807, 2.05) is 0 Å². The molecule has 0 unspecified atom stereocenters. The highest BCUT2D eigenvalue weighted by Crippen LogP contribution is 2.34. The van der Waals surface area contributed by atoms with Gasteiger partial charge in [-0.1, -0.05) is 25.7 Å². The molecule has 0 saturated heterocycles. The van der Waals surface area contributed by atoms with Crippen molar-refractivity contribution >= 4 is 10.9 Å². The third-order valence-corrected chi connectivity index (χ3v) is 5.09. The molecule has 9 heteroatoms. The first kappa shape index (κ1) is 19.5. The van der Waals surface area contributed by atoms with Crippen LogP contribution >= 0.6 is 0 Å². The Kier molecular flexibility index (Phi) is 5.06. The average molecular weight is 406 g/mol. The highest BCUT2D eigenvalue weighted by Gasteiger charge is 2.31. The highest BCUT2D eigenvalue weighted by molar-refractivity contribution is 5.82. The SMILES string of the molecule is O=c1c2cc(F)c(-c3ncc(C(F)(F)F)cn3)cc2ncn1CCCCC1CC1. The van der Waals surface area contributed by atoms with Crippen LogP contribution in [0.4, 0.5) is 17.6 Å². The highest BCUT2D eigenvalue weighted by atomic mass is 19.4. The normalized spacial score (nSPS) is 14.5. The molecular weight excluding hydrogens is 388 g/mol. The Hall–Kier alpha value is -2.84. The third-order valence-electron chi connectivity index (χ3n) is 5.09. The van der Waals surface area contributed by atoms with E-state index in [4.69, 9.17) is 0 Å². The number of aromatic nitrogens is 4. The maximum atomic E-state index is 14.6. The molecule has 29 heavy (non-hydrogen) atoms. The van der Waals surface area contributed by atoms with Crippen LogP contribution in [0.1, 0.15) is 37.7 Å². The molecule has 5 nitrogen and oxygen atoms in total. The van der Waals surface area contributed by atoms with Crippen molar-refractivity contribution < 1.29 is 17.6 Å². The number of hydrogen-bond acceptors (Lipinski definition) is 4. The summed E-state index contributed by atoms with van der Waals surface area (Å²) >= 11 is 0. The van der Waals surface area contributed by atoms with Crippen LogP contribution in [0.5, 0.6) is 0 Å². The molecule has 0 bridgehead atoms. The number of benzene rings is 1. The molecule has 0 N–H and O–H groups in total. The quantitative estimate of drug-likeness (QED) is 0.444. The number of alkyl halides is 3. The van der Waals surface area contributed by atoms with E-state index < -0.39 is 17.6 Å². The van der Waals surface area contributed by atoms with Gasteiger partial charge in [0.25, 0.3) is 5.56 Å². The van der Waals surface area contributed by atoms with E-state index in [0.29, 0.717) is 18.9 Å². The fraction of sp³-hybridized carbons (Fsp3) is 0.400. The van der Waals surface area contributed by atoms with Gasteiger partial charge in [0.2, 0.25) is 0 Å². The maximum absolute atomic E-state index is 14.6. The molecular formula is C20H18F4N4O. The van der Waals surface area contributed by atoms with Gasteiger partial charge < -0.3 is 0 Å². The summed E-state index contributed by atoms with van der Waals surface area (Å²) in [7, 11) is 0. The summed E-state index contributed by atoms with van der Waals surface area (Å²) in [6, 6.07) is 2.33. The van der Waals surface area contributed by atoms with Crippen molar-refractivity contribution in [3.63, 3.8) is 0 Å². The van der Waals surface area contributed by atoms with Crippen LogP contribution < -0.4 is 5.56 Å². The van der Waals surface area contributed by atoms with Gasteiger partial charge in [0.05, 0.1) is 28.4 Å². The van der Waals surface area contributed by atoms with Gasteiger partial charge in [0.1, 0.15) is 5.82 Å². The number of nitrogens with zero attached hydrogens (tertiary/aromatic N) is 4. The summed E-state index contributed by atoms with van der Waals surface area (Å²) in [5, 5.41) is 0.114. The van der Waals surface area contributed by atoms with E-state index in [1.54, 1.807) is 0 Å². The summed E-state index contributed by atoms with van der Waals surface area (Å²) in [4.78, 5) is 24.1. The lowest BCUT2D eigenvalue weighted by atomic mass is 10.1. The Bertz CT molecular complexity index is 1090. The molecule has 0 radical (unpaired) electrons. The van der Waals surface area contributed by atoms with Crippen molar-refractivity contribution in [1.29, 1.82) is 0 Å². The van der Waals surface area contributed by atoms with Gasteiger partial charge in [0, 0.05) is 18.9 Å². The van der Waals surface area contributed by atoms with Crippen molar-refractivity contribution in [1.82, 2.24) is 19.5 Å². The van der Waals surface area contributed by atoms with E-state index in [-0.39, 0.29) is 27.9 Å². The lowest BCUT2D eigenvalue weighted by Crippen LogP contribution is -2.21. The molecule has 1 aromatic carbocycles. The molecule has 1 fully saturated rings. The molecule has 152 valence electrons. The Morgan fingerprint density at radius 3 is 2.45 bits per heavy atom. The number of fused-ring (bicyclic) bond motifs is 1. The smallest absolute Gasteiger partial charge is 0.299 e. The monoisotopic (exact) mass is 406 g/mol. The molecule has 2 heterocycles. The van der Waals surface area contributed by atoms with Gasteiger partial charge in [-0.05, 0) is 24.5 Å². The summed E-state index contributed by atoms with van der Waals surface area (Å²) in [6.45, 7) is 0.514. The first-order valence-electron chi connectivity index (χ1n) is 9.41. The van der Waals surface area contributed by atoms with Gasteiger partial charge in [-0.15, -0.1) is 0 Å². The first-order chi connectivity index (χ1) is 13.8. The largest absolute Gasteiger partial charge is 0.419 e. The van der Waals surface area contributed by atoms with Crippen molar-refractivity contribution in [2.45, 2.75) is 44.8 Å². The fourth-order valence-corrected chi connectivity index (χ4v) is 3.24. The second-order valence-corrected chi connectivity index (χ2v) is 7.32. The maximum Gasteiger partial charge on any atom is 0.419 e. The number of rotatable bonds is 6. The van der Waals surface area contributed by atoms with E-state index in [2.05, 4.69) is 15.0 Å². The van der Waals surface area contributed by atoms with Crippen LogP contribution in [-0.4, -0.2) is 19.5 Å². The minimum atomic E-state index is -4.58. The van der Waals surface area contributed by atoms with Crippen molar-refractivity contribution in [3.05, 3.63) is 52.6 Å². The van der Waals surface area contributed by atoms with Crippen molar-refractivity contribution in [3.8, 4) is 11.4 Å². The zero-order chi connectivity index (χ0) is 20.6. The van der Waals surface area contributed by atoms with Crippen LogP contribution in [0.25, 0.3) is 22.3 Å². The van der Waals surface area contributed by atoms with Crippen LogP contribution in [-0.2, 0) is 12.7 Å². The molecule has 2 aromatic heterocycles. The molecule has 0 aliphatic heterocycles. The van der Waals surface area contributed by atoms with E-state index in [1.165, 1.54) is 36.2 Å². The second kappa shape index (κ2) is 7.53. The molecule has 1 aliphatic rings. The summed E-state index contributed by atoms with van der Waals surface area (Å²) in [5.74, 6) is -0.160. The summed E-state index contributed by atoms with van der Waals surface area (Å²) < 4.78 is 54.0. The zero-order valence-corrected chi connectivity index (χ0v) is 15.4. The first-order valence-corrected chi connectivity index (χ1v) is 9.41. The summed E-state index contributed by atoms with van der Waals surface area (Å²) in [6.07, 6.45) is 3.67. The van der Waals surface area contributed by atoms with Crippen LogP contribution in [0.3, 0.4) is 0 Å². The molecule has 0 spiro atoms. The molecule has 0 atom stereocenters. The second-order valence-electron chi connectivity index (χ2n) is 7.32. The Labute approximate surface area is 163 Å². The predicted octanol–water partition coefficient (Wildman–Crippen LogP) is 4.59. The van der Waals surface area contributed by atoms with Crippen molar-refractivity contribution in [2.75, 3.05) is 0 Å². The molecule has 0 amide bonds. The Balaban J connectivity index is 1.59. The van der Waals surface area contributed by atoms with Crippen LogP contribution in [0.2, 0.25) is 0 Å². The standard InChI is InChI=1S/C20H18F4N4O/c21-16-7-15-17(8-14(16)18-25-9-13(10-26-18)20(22,23)24)27-11-28(19(15)29)6-2-1-3-12-4-5-12/h7-12H,1-6H2. The van der Waals surface area contributed by atoms with E-state index >= 15 is 0 Å². The van der Waals surface area contributed by atoms with Gasteiger partial charge in [0.15, 0.2) is 5.82 Å². The lowest BCUT2D eigenvalue weighted by molar-refractivity contribution is -0.138. The molecule has 3 aromatic rings. The lowest BCUT2D eigenvalue weighted by Gasteiger charge is -2.09. The average Bonchev–Trinajstić information content (AvgIpc) is 3.51. The van der Waals surface area contributed by atoms with E-state index in [0.717, 1.165) is 24.8 Å². The van der Waals surface area contributed by atoms with Gasteiger partial charge in [-0.2, -0.15) is 13.2 Å². The van der Waals surface area contributed by atoms with Crippen LogP contribution in [0.15, 0.2) is 35.6 Å². The van der Waals surface area contributed by atoms with E-state index in [9.17, 15) is 22.4 Å². The third kappa shape index (κ3) is 4.28. The van der Waals surface area contributed by atoms with Crippen molar-refractivity contribution in [2.24, 2.45) is 5.92 Å². The summed E-state index contributed by atoms with van der Waals surface area (Å²) in [5.41, 5.74) is -1.24. The number of aryl methyl sites for hydroxylation is 1.